The van der Waals surface area contributed by atoms with Crippen LogP contribution in [0, 0.1) is 5.41 Å². The molecule has 2 saturated heterocycles. The first-order chi connectivity index (χ1) is 7.35. The van der Waals surface area contributed by atoms with Gasteiger partial charge in [0.2, 0.25) is 0 Å². The minimum absolute atomic E-state index is 0.617. The smallest absolute Gasteiger partial charge is 0.00506 e. The maximum Gasteiger partial charge on any atom is 0.00506 e. The van der Waals surface area contributed by atoms with Crippen LogP contribution in [0.15, 0.2) is 0 Å². The number of nitrogens with one attached hydrogen (secondary N) is 1. The van der Waals surface area contributed by atoms with Crippen molar-refractivity contribution in [2.24, 2.45) is 5.41 Å². The van der Waals surface area contributed by atoms with E-state index < -0.39 is 0 Å². The fourth-order valence-corrected chi connectivity index (χ4v) is 3.35. The molecule has 2 heterocycles. The highest BCUT2D eigenvalue weighted by Gasteiger charge is 2.34. The predicted octanol–water partition coefficient (Wildman–Crippen LogP) is 2.25. The van der Waals surface area contributed by atoms with Gasteiger partial charge >= 0.3 is 0 Å². The maximum absolute atomic E-state index is 3.56. The van der Waals surface area contributed by atoms with Gasteiger partial charge in [0.05, 0.1) is 0 Å². The van der Waals surface area contributed by atoms with E-state index >= 15 is 0 Å². The molecular formula is C13H26N2. The van der Waals surface area contributed by atoms with E-state index in [2.05, 4.69) is 17.1 Å². The number of hydrogen-bond donors (Lipinski definition) is 1. The molecule has 2 heteroatoms. The molecule has 1 atom stereocenters. The van der Waals surface area contributed by atoms with Crippen LogP contribution in [0.2, 0.25) is 0 Å². The van der Waals surface area contributed by atoms with Crippen molar-refractivity contribution in [1.82, 2.24) is 10.2 Å². The quantitative estimate of drug-likeness (QED) is 0.765. The Kier molecular flexibility index (Phi) is 4.04. The number of piperidine rings is 1. The summed E-state index contributed by atoms with van der Waals surface area (Å²) in [4.78, 5) is 2.71. The lowest BCUT2D eigenvalue weighted by Gasteiger charge is -2.36. The van der Waals surface area contributed by atoms with Gasteiger partial charge in [-0.2, -0.15) is 0 Å². The van der Waals surface area contributed by atoms with Crippen molar-refractivity contribution in [1.29, 1.82) is 0 Å². The van der Waals surface area contributed by atoms with Crippen LogP contribution >= 0.6 is 0 Å². The average Bonchev–Trinajstić information content (AvgIpc) is 2.69. The van der Waals surface area contributed by atoms with Gasteiger partial charge in [-0.25, -0.2) is 0 Å². The van der Waals surface area contributed by atoms with E-state index in [1.165, 1.54) is 71.2 Å². The van der Waals surface area contributed by atoms with Gasteiger partial charge < -0.3 is 10.2 Å². The topological polar surface area (TPSA) is 15.3 Å². The molecule has 2 fully saturated rings. The van der Waals surface area contributed by atoms with Crippen LogP contribution in [-0.2, 0) is 0 Å². The Morgan fingerprint density at radius 1 is 1.20 bits per heavy atom. The van der Waals surface area contributed by atoms with Crippen LogP contribution in [0.25, 0.3) is 0 Å². The molecule has 1 N–H and O–H groups in total. The van der Waals surface area contributed by atoms with E-state index in [1.54, 1.807) is 0 Å². The van der Waals surface area contributed by atoms with Crippen LogP contribution in [0.5, 0.6) is 0 Å². The summed E-state index contributed by atoms with van der Waals surface area (Å²) in [5.74, 6) is 0. The number of rotatable bonds is 4. The van der Waals surface area contributed by atoms with E-state index in [1.807, 2.05) is 0 Å². The summed E-state index contributed by atoms with van der Waals surface area (Å²) < 4.78 is 0. The van der Waals surface area contributed by atoms with Gasteiger partial charge in [0, 0.05) is 13.1 Å². The molecule has 0 aromatic carbocycles. The molecule has 0 saturated carbocycles. The van der Waals surface area contributed by atoms with Crippen molar-refractivity contribution in [3.05, 3.63) is 0 Å². The van der Waals surface area contributed by atoms with Gasteiger partial charge in [-0.05, 0) is 50.7 Å². The summed E-state index contributed by atoms with van der Waals surface area (Å²) in [6.45, 7) is 8.90. The van der Waals surface area contributed by atoms with E-state index in [-0.39, 0.29) is 0 Å². The van der Waals surface area contributed by atoms with Crippen molar-refractivity contribution in [2.75, 3.05) is 32.7 Å². The molecular weight excluding hydrogens is 184 g/mol. The fraction of sp³-hybridized carbons (Fsp3) is 1.00. The Morgan fingerprint density at radius 3 is 2.60 bits per heavy atom. The summed E-state index contributed by atoms with van der Waals surface area (Å²) in [5.41, 5.74) is 0.617. The largest absolute Gasteiger partial charge is 0.316 e. The third kappa shape index (κ3) is 2.94. The third-order valence-electron chi connectivity index (χ3n) is 4.12. The van der Waals surface area contributed by atoms with Crippen LogP contribution in [0.3, 0.4) is 0 Å². The van der Waals surface area contributed by atoms with Crippen LogP contribution in [0.1, 0.15) is 45.4 Å². The average molecular weight is 210 g/mol. The van der Waals surface area contributed by atoms with Gasteiger partial charge in [-0.3, -0.25) is 0 Å². The summed E-state index contributed by atoms with van der Waals surface area (Å²) in [6.07, 6.45) is 8.46. The summed E-state index contributed by atoms with van der Waals surface area (Å²) >= 11 is 0. The van der Waals surface area contributed by atoms with E-state index in [4.69, 9.17) is 0 Å². The first-order valence-corrected chi connectivity index (χ1v) is 6.78. The zero-order chi connectivity index (χ0) is 10.6. The minimum Gasteiger partial charge on any atom is -0.316 e. The van der Waals surface area contributed by atoms with Crippen molar-refractivity contribution in [3.8, 4) is 0 Å². The molecule has 2 rings (SSSR count). The van der Waals surface area contributed by atoms with Crippen molar-refractivity contribution in [2.45, 2.75) is 45.4 Å². The van der Waals surface area contributed by atoms with Crippen LogP contribution in [-0.4, -0.2) is 37.6 Å². The molecule has 1 unspecified atom stereocenters. The molecule has 0 bridgehead atoms. The number of nitrogens with zero attached hydrogens (tertiary/aromatic N) is 1. The second-order valence-corrected chi connectivity index (χ2v) is 5.51. The van der Waals surface area contributed by atoms with Crippen molar-refractivity contribution < 1.29 is 0 Å². The molecule has 15 heavy (non-hydrogen) atoms. The zero-order valence-corrected chi connectivity index (χ0v) is 10.2. The minimum atomic E-state index is 0.617. The Balaban J connectivity index is 1.87. The zero-order valence-electron chi connectivity index (χ0n) is 10.2. The summed E-state index contributed by atoms with van der Waals surface area (Å²) in [7, 11) is 0. The van der Waals surface area contributed by atoms with Gasteiger partial charge in [-0.1, -0.05) is 19.8 Å². The molecule has 2 aliphatic heterocycles. The van der Waals surface area contributed by atoms with Gasteiger partial charge in [0.15, 0.2) is 0 Å². The normalized spacial score (nSPS) is 33.4. The monoisotopic (exact) mass is 210 g/mol. The van der Waals surface area contributed by atoms with E-state index in [9.17, 15) is 0 Å². The van der Waals surface area contributed by atoms with Gasteiger partial charge in [-0.15, -0.1) is 0 Å². The van der Waals surface area contributed by atoms with Crippen molar-refractivity contribution >= 4 is 0 Å². The molecule has 0 aromatic heterocycles. The first kappa shape index (κ1) is 11.4. The van der Waals surface area contributed by atoms with E-state index in [0.717, 1.165) is 0 Å². The molecule has 0 radical (unpaired) electrons. The molecule has 0 aromatic rings. The predicted molar refractivity (Wildman–Crippen MR) is 65.1 cm³/mol. The first-order valence-electron chi connectivity index (χ1n) is 6.78. The van der Waals surface area contributed by atoms with E-state index in [0.29, 0.717) is 5.41 Å². The Hall–Kier alpha value is -0.0800. The Bertz CT molecular complexity index is 179. The van der Waals surface area contributed by atoms with Crippen LogP contribution in [0.4, 0.5) is 0 Å². The fourth-order valence-electron chi connectivity index (χ4n) is 3.35. The highest BCUT2D eigenvalue weighted by Crippen LogP contribution is 2.32. The summed E-state index contributed by atoms with van der Waals surface area (Å²) in [6, 6.07) is 0. The molecule has 0 spiro atoms. The molecule has 2 aliphatic rings. The molecule has 88 valence electrons. The number of hydrogen-bond acceptors (Lipinski definition) is 2. The lowest BCUT2D eigenvalue weighted by molar-refractivity contribution is 0.132. The maximum atomic E-state index is 3.56. The second-order valence-electron chi connectivity index (χ2n) is 5.51. The molecule has 0 amide bonds. The highest BCUT2D eigenvalue weighted by atomic mass is 15.1. The molecule has 2 nitrogen and oxygen atoms in total. The standard InChI is InChI=1S/C13H26N2/c1-2-6-13(7-8-14-11-13)12-15-9-4-3-5-10-15/h14H,2-12H2,1H3. The van der Waals surface area contributed by atoms with Crippen molar-refractivity contribution in [3.63, 3.8) is 0 Å². The lowest BCUT2D eigenvalue weighted by Crippen LogP contribution is -2.41. The van der Waals surface area contributed by atoms with Crippen LogP contribution < -0.4 is 5.32 Å². The summed E-state index contributed by atoms with van der Waals surface area (Å²) in [5, 5.41) is 3.56. The molecule has 0 aliphatic carbocycles. The second kappa shape index (κ2) is 5.31. The Morgan fingerprint density at radius 2 is 2.00 bits per heavy atom. The highest BCUT2D eigenvalue weighted by molar-refractivity contribution is 4.90. The van der Waals surface area contributed by atoms with Gasteiger partial charge in [0.1, 0.15) is 0 Å². The SMILES string of the molecule is CCCC1(CN2CCCCC2)CCNC1. The lowest BCUT2D eigenvalue weighted by atomic mass is 9.81. The third-order valence-corrected chi connectivity index (χ3v) is 4.12. The Labute approximate surface area is 94.4 Å². The number of likely N-dealkylation sites (tertiary alicyclic amines) is 1. The van der Waals surface area contributed by atoms with Gasteiger partial charge in [0.25, 0.3) is 0 Å².